The molecule has 9 nitrogen and oxygen atoms in total. The standard InChI is InChI=1S/C27H22ClF2N9/c1-14-19(3-2-6-32-14)26(23-13-39(38-37-23)18-4-5-18)35-16-7-20-24(36-17-9-22(29)27(30)34-12-17)15(10-31)11-33-25(20)21(28)8-16/h2-3,6-9,11-13,18,26,35,37-38H,4-5H2,1H3,(H,33,36)/t26-/m1/s1/i26D. The molecule has 0 saturated heterocycles. The zero-order valence-corrected chi connectivity index (χ0v) is 21.3. The third-order valence-electron chi connectivity index (χ3n) is 6.45. The van der Waals surface area contributed by atoms with Crippen LogP contribution in [-0.2, 0) is 0 Å². The number of aromatic nitrogens is 3. The minimum Gasteiger partial charge on any atom is -0.373 e. The summed E-state index contributed by atoms with van der Waals surface area (Å²) < 4.78 is 37.0. The summed E-state index contributed by atoms with van der Waals surface area (Å²) in [6.07, 6.45) is 8.10. The van der Waals surface area contributed by atoms with Crippen molar-refractivity contribution in [1.29, 1.82) is 5.26 Å². The Balaban J connectivity index is 1.47. The van der Waals surface area contributed by atoms with Gasteiger partial charge in [-0.25, -0.2) is 9.37 Å². The molecule has 1 saturated carbocycles. The van der Waals surface area contributed by atoms with Crippen molar-refractivity contribution in [3.8, 4) is 6.07 Å². The normalized spacial score (nSPS) is 16.6. The van der Waals surface area contributed by atoms with Crippen LogP contribution in [0.15, 0.2) is 60.8 Å². The average molecular weight is 547 g/mol. The molecule has 0 amide bonds. The highest BCUT2D eigenvalue weighted by atomic mass is 35.5. The Hall–Kier alpha value is -4.53. The monoisotopic (exact) mass is 546 g/mol. The Morgan fingerprint density at radius 1 is 1.21 bits per heavy atom. The summed E-state index contributed by atoms with van der Waals surface area (Å²) >= 11 is 6.66. The van der Waals surface area contributed by atoms with Crippen LogP contribution in [0, 0.1) is 30.0 Å². The van der Waals surface area contributed by atoms with E-state index in [1.54, 1.807) is 24.4 Å². The van der Waals surface area contributed by atoms with Gasteiger partial charge in [0.05, 0.1) is 46.8 Å². The lowest BCUT2D eigenvalue weighted by Gasteiger charge is -2.23. The molecule has 1 aromatic carbocycles. The second-order valence-corrected chi connectivity index (χ2v) is 9.60. The van der Waals surface area contributed by atoms with E-state index in [-0.39, 0.29) is 22.0 Å². The molecule has 2 aliphatic rings. The molecule has 0 unspecified atom stereocenters. The number of hydrogen-bond donors (Lipinski definition) is 4. The Morgan fingerprint density at radius 3 is 2.79 bits per heavy atom. The Kier molecular flexibility index (Phi) is 6.03. The van der Waals surface area contributed by atoms with Crippen molar-refractivity contribution in [1.82, 2.24) is 30.9 Å². The van der Waals surface area contributed by atoms with Crippen molar-refractivity contribution in [2.75, 3.05) is 10.6 Å². The van der Waals surface area contributed by atoms with E-state index < -0.39 is 17.8 Å². The van der Waals surface area contributed by atoms with Gasteiger partial charge in [0.2, 0.25) is 5.95 Å². The van der Waals surface area contributed by atoms with Crippen LogP contribution in [0.25, 0.3) is 10.9 Å². The fourth-order valence-corrected chi connectivity index (χ4v) is 4.63. The van der Waals surface area contributed by atoms with Gasteiger partial charge in [-0.05, 0) is 38.0 Å². The summed E-state index contributed by atoms with van der Waals surface area (Å²) in [6.45, 7) is 1.83. The average Bonchev–Trinajstić information content (AvgIpc) is 3.66. The number of rotatable bonds is 7. The summed E-state index contributed by atoms with van der Waals surface area (Å²) in [5.41, 5.74) is 9.43. The van der Waals surface area contributed by atoms with Crippen LogP contribution < -0.4 is 21.6 Å². The third-order valence-corrected chi connectivity index (χ3v) is 6.74. The van der Waals surface area contributed by atoms with Crippen LogP contribution in [-0.4, -0.2) is 26.0 Å². The fraction of sp³-hybridized carbons (Fsp3) is 0.185. The lowest BCUT2D eigenvalue weighted by Crippen LogP contribution is -2.38. The minimum absolute atomic E-state index is 0.129. The first-order chi connectivity index (χ1) is 19.3. The van der Waals surface area contributed by atoms with Gasteiger partial charge < -0.3 is 16.1 Å². The van der Waals surface area contributed by atoms with Crippen LogP contribution in [0.2, 0.25) is 5.02 Å². The van der Waals surface area contributed by atoms with Gasteiger partial charge in [0.1, 0.15) is 6.07 Å². The van der Waals surface area contributed by atoms with Crippen LogP contribution in [0.3, 0.4) is 0 Å². The van der Waals surface area contributed by atoms with Gasteiger partial charge in [0.25, 0.3) is 0 Å². The number of hydrogen-bond acceptors (Lipinski definition) is 9. The van der Waals surface area contributed by atoms with Gasteiger partial charge in [-0.3, -0.25) is 15.0 Å². The van der Waals surface area contributed by atoms with Gasteiger partial charge >= 0.3 is 0 Å². The topological polar surface area (TPSA) is 114 Å². The number of aryl methyl sites for hydroxylation is 1. The molecule has 196 valence electrons. The number of hydrazine groups is 2. The molecule has 12 heteroatoms. The van der Waals surface area contributed by atoms with Crippen LogP contribution in [0.5, 0.6) is 0 Å². The molecule has 1 aliphatic carbocycles. The number of nitrogens with one attached hydrogen (secondary N) is 4. The molecule has 3 aromatic heterocycles. The Labute approximate surface area is 228 Å². The molecule has 0 bridgehead atoms. The van der Waals surface area contributed by atoms with Gasteiger partial charge in [-0.15, -0.1) is 5.53 Å². The lowest BCUT2D eigenvalue weighted by atomic mass is 10.0. The van der Waals surface area contributed by atoms with E-state index in [1.807, 2.05) is 24.2 Å². The zero-order valence-electron chi connectivity index (χ0n) is 21.6. The minimum atomic E-state index is -1.52. The summed E-state index contributed by atoms with van der Waals surface area (Å²) in [6, 6.07) is 8.77. The number of anilines is 3. The Morgan fingerprint density at radius 2 is 2.05 bits per heavy atom. The highest BCUT2D eigenvalue weighted by Gasteiger charge is 2.32. The number of halogens is 3. The molecule has 1 aliphatic heterocycles. The largest absolute Gasteiger partial charge is 0.373 e. The van der Waals surface area contributed by atoms with Crippen molar-refractivity contribution in [2.24, 2.45) is 0 Å². The second kappa shape index (κ2) is 9.98. The summed E-state index contributed by atoms with van der Waals surface area (Å²) in [7, 11) is 0. The molecule has 1 atom stereocenters. The fourth-order valence-electron chi connectivity index (χ4n) is 4.36. The van der Waals surface area contributed by atoms with E-state index in [1.165, 1.54) is 6.20 Å². The van der Waals surface area contributed by atoms with Gasteiger partial charge in [0.15, 0.2) is 5.82 Å². The molecule has 6 rings (SSSR count). The van der Waals surface area contributed by atoms with E-state index in [4.69, 9.17) is 11.6 Å². The second-order valence-electron chi connectivity index (χ2n) is 9.19. The molecule has 4 heterocycles. The summed E-state index contributed by atoms with van der Waals surface area (Å²) in [5.74, 6) is -2.37. The maximum absolute atomic E-state index is 13.9. The maximum Gasteiger partial charge on any atom is 0.249 e. The quantitative estimate of drug-likeness (QED) is 0.227. The van der Waals surface area contributed by atoms with Gasteiger partial charge in [0, 0.05) is 53.0 Å². The summed E-state index contributed by atoms with van der Waals surface area (Å²) in [5, 5.41) is 18.7. The molecule has 0 spiro atoms. The SMILES string of the molecule is [2H][C@](Nc1cc(Cl)c2ncc(C#N)c(Nc3cnc(F)c(F)c3)c2c1)(C1=CN(C2CC2)NN1)c1cccnc1C. The molecular formula is C27H22ClF2N9. The van der Waals surface area contributed by atoms with E-state index >= 15 is 0 Å². The van der Waals surface area contributed by atoms with Crippen molar-refractivity contribution in [2.45, 2.75) is 31.8 Å². The van der Waals surface area contributed by atoms with Gasteiger partial charge in [-0.2, -0.15) is 9.65 Å². The van der Waals surface area contributed by atoms with Crippen LogP contribution >= 0.6 is 11.6 Å². The number of benzene rings is 1. The van der Waals surface area contributed by atoms with E-state index in [0.29, 0.717) is 39.6 Å². The molecule has 1 fully saturated rings. The number of nitrogens with zero attached hydrogens (tertiary/aromatic N) is 5. The van der Waals surface area contributed by atoms with Crippen LogP contribution in [0.1, 0.15) is 37.1 Å². The number of fused-ring (bicyclic) bond motifs is 1. The summed E-state index contributed by atoms with van der Waals surface area (Å²) in [4.78, 5) is 12.1. The van der Waals surface area contributed by atoms with E-state index in [2.05, 4.69) is 42.6 Å². The van der Waals surface area contributed by atoms with Crippen molar-refractivity contribution < 1.29 is 10.2 Å². The first-order valence-electron chi connectivity index (χ1n) is 12.6. The first-order valence-corrected chi connectivity index (χ1v) is 12.5. The third kappa shape index (κ3) is 4.87. The number of pyridine rings is 3. The molecule has 39 heavy (non-hydrogen) atoms. The van der Waals surface area contributed by atoms with Crippen LogP contribution in [0.4, 0.5) is 25.8 Å². The van der Waals surface area contributed by atoms with Crippen molar-refractivity contribution in [3.63, 3.8) is 0 Å². The molecule has 4 N–H and O–H groups in total. The van der Waals surface area contributed by atoms with E-state index in [9.17, 15) is 15.4 Å². The highest BCUT2D eigenvalue weighted by molar-refractivity contribution is 6.36. The zero-order chi connectivity index (χ0) is 28.0. The molecule has 4 aromatic rings. The predicted octanol–water partition coefficient (Wildman–Crippen LogP) is 5.36. The highest BCUT2D eigenvalue weighted by Crippen LogP contribution is 2.37. The first kappa shape index (κ1) is 23.6. The van der Waals surface area contributed by atoms with Crippen molar-refractivity contribution in [3.05, 3.63) is 94.4 Å². The van der Waals surface area contributed by atoms with Gasteiger partial charge in [-0.1, -0.05) is 17.7 Å². The Bertz CT molecular complexity index is 1720. The molecule has 0 radical (unpaired) electrons. The molecular weight excluding hydrogens is 524 g/mol. The predicted molar refractivity (Wildman–Crippen MR) is 143 cm³/mol. The smallest absolute Gasteiger partial charge is 0.249 e. The van der Waals surface area contributed by atoms with Crippen molar-refractivity contribution >= 4 is 39.6 Å². The maximum atomic E-state index is 13.9. The lowest BCUT2D eigenvalue weighted by molar-refractivity contribution is 0.260. The van der Waals surface area contributed by atoms with E-state index in [0.717, 1.165) is 25.1 Å². The number of nitriles is 1.